The minimum absolute atomic E-state index is 0.345. The van der Waals surface area contributed by atoms with Gasteiger partial charge in [-0.2, -0.15) is 5.10 Å². The van der Waals surface area contributed by atoms with E-state index in [1.54, 1.807) is 13.2 Å². The van der Waals surface area contributed by atoms with Gasteiger partial charge in [-0.15, -0.1) is 0 Å². The molecular formula is C17H23N3O3. The van der Waals surface area contributed by atoms with Gasteiger partial charge in [0.2, 0.25) is 0 Å². The Bertz CT molecular complexity index is 690. The SMILES string of the molecule is CC.COCc1nc(-c2cc(C(=O)O)c(C3CC3)cc2C)n[nH]1. The fraction of sp³-hybridized carbons (Fsp3) is 0.471. The molecule has 6 nitrogen and oxygen atoms in total. The fourth-order valence-electron chi connectivity index (χ4n) is 2.51. The molecule has 1 fully saturated rings. The van der Waals surface area contributed by atoms with Gasteiger partial charge in [-0.3, -0.25) is 5.10 Å². The average Bonchev–Trinajstić information content (AvgIpc) is 3.29. The fourth-order valence-corrected chi connectivity index (χ4v) is 2.51. The lowest BCUT2D eigenvalue weighted by molar-refractivity contribution is 0.0695. The third-order valence-electron chi connectivity index (χ3n) is 3.70. The number of carbonyl (C=O) groups is 1. The number of aromatic nitrogens is 3. The maximum Gasteiger partial charge on any atom is 0.335 e. The molecule has 0 radical (unpaired) electrons. The first kappa shape index (κ1) is 17.1. The summed E-state index contributed by atoms with van der Waals surface area (Å²) in [5, 5.41) is 16.4. The maximum absolute atomic E-state index is 11.5. The van der Waals surface area contributed by atoms with Gasteiger partial charge in [-0.05, 0) is 42.9 Å². The van der Waals surface area contributed by atoms with Crippen LogP contribution in [0.25, 0.3) is 11.4 Å². The second-order valence-corrected chi connectivity index (χ2v) is 5.37. The first-order valence-corrected chi connectivity index (χ1v) is 7.88. The van der Waals surface area contributed by atoms with Crippen LogP contribution in [0.2, 0.25) is 0 Å². The van der Waals surface area contributed by atoms with Crippen molar-refractivity contribution in [2.45, 2.75) is 46.1 Å². The summed E-state index contributed by atoms with van der Waals surface area (Å²) < 4.78 is 5.00. The van der Waals surface area contributed by atoms with Gasteiger partial charge in [0.25, 0.3) is 0 Å². The number of aromatic amines is 1. The van der Waals surface area contributed by atoms with Gasteiger partial charge < -0.3 is 9.84 Å². The van der Waals surface area contributed by atoms with Gasteiger partial charge in [-0.25, -0.2) is 9.78 Å². The summed E-state index contributed by atoms with van der Waals surface area (Å²) in [5.41, 5.74) is 3.02. The minimum atomic E-state index is -0.897. The first-order valence-electron chi connectivity index (χ1n) is 7.88. The molecule has 124 valence electrons. The maximum atomic E-state index is 11.5. The zero-order valence-electron chi connectivity index (χ0n) is 14.0. The molecule has 1 aliphatic rings. The summed E-state index contributed by atoms with van der Waals surface area (Å²) >= 11 is 0. The summed E-state index contributed by atoms with van der Waals surface area (Å²) in [6.45, 7) is 6.30. The highest BCUT2D eigenvalue weighted by Crippen LogP contribution is 2.43. The Hall–Kier alpha value is -2.21. The number of nitrogens with one attached hydrogen (secondary N) is 1. The van der Waals surface area contributed by atoms with Crippen LogP contribution in [0.5, 0.6) is 0 Å². The number of carboxylic acid groups (broad SMARTS) is 1. The van der Waals surface area contributed by atoms with Gasteiger partial charge in [0.05, 0.1) is 5.56 Å². The Kier molecular flexibility index (Phi) is 5.50. The molecule has 2 N–H and O–H groups in total. The van der Waals surface area contributed by atoms with Crippen LogP contribution in [0.1, 0.15) is 59.9 Å². The molecule has 0 bridgehead atoms. The van der Waals surface area contributed by atoms with Crippen LogP contribution in [0.4, 0.5) is 0 Å². The molecule has 1 aromatic heterocycles. The van der Waals surface area contributed by atoms with Crippen molar-refractivity contribution in [2.24, 2.45) is 0 Å². The van der Waals surface area contributed by atoms with Crippen LogP contribution >= 0.6 is 0 Å². The van der Waals surface area contributed by atoms with E-state index in [4.69, 9.17) is 4.74 Å². The molecule has 2 aromatic rings. The van der Waals surface area contributed by atoms with Crippen molar-refractivity contribution in [1.82, 2.24) is 15.2 Å². The summed E-state index contributed by atoms with van der Waals surface area (Å²) in [5.74, 6) is 0.616. The van der Waals surface area contributed by atoms with Crippen LogP contribution < -0.4 is 0 Å². The lowest BCUT2D eigenvalue weighted by Crippen LogP contribution is -2.04. The topological polar surface area (TPSA) is 88.1 Å². The number of ether oxygens (including phenoxy) is 1. The zero-order valence-corrected chi connectivity index (χ0v) is 14.0. The lowest BCUT2D eigenvalue weighted by atomic mass is 9.96. The Morgan fingerprint density at radius 2 is 2.09 bits per heavy atom. The van der Waals surface area contributed by atoms with Gasteiger partial charge in [0.1, 0.15) is 6.61 Å². The number of carboxylic acids is 1. The Balaban J connectivity index is 0.000000924. The highest BCUT2D eigenvalue weighted by Gasteiger charge is 2.29. The van der Waals surface area contributed by atoms with Gasteiger partial charge in [0.15, 0.2) is 11.6 Å². The molecule has 1 aliphatic carbocycles. The number of nitrogens with zero attached hydrogens (tertiary/aromatic N) is 2. The molecule has 23 heavy (non-hydrogen) atoms. The molecule has 6 heteroatoms. The first-order chi connectivity index (χ1) is 11.1. The van der Waals surface area contributed by atoms with Crippen LogP contribution in [0, 0.1) is 6.92 Å². The van der Waals surface area contributed by atoms with E-state index in [2.05, 4.69) is 15.2 Å². The largest absolute Gasteiger partial charge is 0.478 e. The van der Waals surface area contributed by atoms with Gasteiger partial charge >= 0.3 is 5.97 Å². The minimum Gasteiger partial charge on any atom is -0.478 e. The predicted octanol–water partition coefficient (Wildman–Crippen LogP) is 3.53. The van der Waals surface area contributed by atoms with Crippen LogP contribution in [-0.4, -0.2) is 33.4 Å². The number of hydrogen-bond donors (Lipinski definition) is 2. The monoisotopic (exact) mass is 317 g/mol. The summed E-state index contributed by atoms with van der Waals surface area (Å²) in [6.07, 6.45) is 2.13. The number of hydrogen-bond acceptors (Lipinski definition) is 4. The second-order valence-electron chi connectivity index (χ2n) is 5.37. The molecule has 1 saturated carbocycles. The smallest absolute Gasteiger partial charge is 0.335 e. The van der Waals surface area contributed by atoms with Gasteiger partial charge in [0, 0.05) is 12.7 Å². The molecule has 0 unspecified atom stereocenters. The molecule has 0 aliphatic heterocycles. The van der Waals surface area contributed by atoms with E-state index in [-0.39, 0.29) is 0 Å². The van der Waals surface area contributed by atoms with Crippen LogP contribution in [0.3, 0.4) is 0 Å². The van der Waals surface area contributed by atoms with Crippen LogP contribution in [0.15, 0.2) is 12.1 Å². The van der Waals surface area contributed by atoms with E-state index in [1.165, 1.54) is 0 Å². The van der Waals surface area contributed by atoms with E-state index in [1.807, 2.05) is 26.8 Å². The third-order valence-corrected chi connectivity index (χ3v) is 3.70. The number of methoxy groups -OCH3 is 1. The molecule has 0 saturated heterocycles. The normalized spacial score (nSPS) is 13.4. The summed E-state index contributed by atoms with van der Waals surface area (Å²) in [6, 6.07) is 3.65. The van der Waals surface area contributed by atoms with E-state index in [0.29, 0.717) is 29.7 Å². The van der Waals surface area contributed by atoms with E-state index in [9.17, 15) is 9.90 Å². The average molecular weight is 317 g/mol. The lowest BCUT2D eigenvalue weighted by Gasteiger charge is -2.09. The van der Waals surface area contributed by atoms with Gasteiger partial charge in [-0.1, -0.05) is 19.9 Å². The Morgan fingerprint density at radius 3 is 2.65 bits per heavy atom. The third kappa shape index (κ3) is 3.76. The predicted molar refractivity (Wildman–Crippen MR) is 87.6 cm³/mol. The van der Waals surface area contributed by atoms with Crippen molar-refractivity contribution in [3.05, 3.63) is 34.6 Å². The molecule has 3 rings (SSSR count). The molecule has 0 spiro atoms. The number of rotatable bonds is 5. The molecule has 0 atom stereocenters. The molecule has 1 aromatic carbocycles. The molecule has 0 amide bonds. The van der Waals surface area contributed by atoms with Crippen molar-refractivity contribution < 1.29 is 14.6 Å². The van der Waals surface area contributed by atoms with Crippen molar-refractivity contribution in [1.29, 1.82) is 0 Å². The van der Waals surface area contributed by atoms with Crippen molar-refractivity contribution >= 4 is 5.97 Å². The highest BCUT2D eigenvalue weighted by molar-refractivity contribution is 5.91. The summed E-state index contributed by atoms with van der Waals surface area (Å²) in [4.78, 5) is 15.8. The second kappa shape index (κ2) is 7.37. The highest BCUT2D eigenvalue weighted by atomic mass is 16.5. The number of benzene rings is 1. The van der Waals surface area contributed by atoms with E-state index >= 15 is 0 Å². The molecular weight excluding hydrogens is 294 g/mol. The quantitative estimate of drug-likeness (QED) is 0.880. The van der Waals surface area contributed by atoms with Crippen molar-refractivity contribution in [3.63, 3.8) is 0 Å². The van der Waals surface area contributed by atoms with Crippen LogP contribution in [-0.2, 0) is 11.3 Å². The van der Waals surface area contributed by atoms with E-state index in [0.717, 1.165) is 29.5 Å². The number of aromatic carboxylic acids is 1. The number of H-pyrrole nitrogens is 1. The van der Waals surface area contributed by atoms with Crippen molar-refractivity contribution in [2.75, 3.05) is 7.11 Å². The van der Waals surface area contributed by atoms with Crippen molar-refractivity contribution in [3.8, 4) is 11.4 Å². The Labute approximate surface area is 135 Å². The summed E-state index contributed by atoms with van der Waals surface area (Å²) in [7, 11) is 1.58. The number of aryl methyl sites for hydroxylation is 1. The zero-order chi connectivity index (χ0) is 17.0. The van der Waals surface area contributed by atoms with E-state index < -0.39 is 5.97 Å². The standard InChI is InChI=1S/C15H17N3O3.C2H6/c1-8-5-11(9-3-4-9)12(15(19)20)6-10(8)14-16-13(7-21-2)17-18-14;1-2/h5-6,9H,3-4,7H2,1-2H3,(H,19,20)(H,16,17,18);1-2H3. The Morgan fingerprint density at radius 1 is 1.39 bits per heavy atom. The molecule has 1 heterocycles.